The van der Waals surface area contributed by atoms with Crippen molar-refractivity contribution in [3.63, 3.8) is 0 Å². The van der Waals surface area contributed by atoms with Gasteiger partial charge in [0.1, 0.15) is 11.5 Å². The first-order valence-corrected chi connectivity index (χ1v) is 8.02. The van der Waals surface area contributed by atoms with Crippen LogP contribution in [-0.4, -0.2) is 21.1 Å². The standard InChI is InChI=1S/C17H11IO5/c1-6-8-4-10(18)15(21)7-2-3-11(19)9-5-12(20)16(22)17(23-6)14(9)13(7)8/h4-5,20-22H,1-3H2. The summed E-state index contributed by atoms with van der Waals surface area (Å²) in [6.45, 7) is 3.86. The highest BCUT2D eigenvalue weighted by atomic mass is 127. The van der Waals surface area contributed by atoms with E-state index in [4.69, 9.17) is 4.74 Å². The lowest BCUT2D eigenvalue weighted by atomic mass is 9.88. The Hall–Kier alpha value is -2.22. The summed E-state index contributed by atoms with van der Waals surface area (Å²) in [7, 11) is 0. The summed E-state index contributed by atoms with van der Waals surface area (Å²) in [5, 5.41) is 30.5. The first kappa shape index (κ1) is 14.4. The highest BCUT2D eigenvalue weighted by Gasteiger charge is 2.35. The summed E-state index contributed by atoms with van der Waals surface area (Å²) < 4.78 is 6.24. The highest BCUT2D eigenvalue weighted by Crippen LogP contribution is 2.55. The Morgan fingerprint density at radius 1 is 1.04 bits per heavy atom. The van der Waals surface area contributed by atoms with Crippen LogP contribution in [0.15, 0.2) is 18.7 Å². The molecule has 2 aromatic rings. The van der Waals surface area contributed by atoms with Crippen molar-refractivity contribution in [3.8, 4) is 34.1 Å². The zero-order valence-corrected chi connectivity index (χ0v) is 14.0. The SMILES string of the molecule is C=C1Oc2c(O)c(O)cc3c2-c2c1cc(I)c(O)c2CCC3=O. The highest BCUT2D eigenvalue weighted by molar-refractivity contribution is 14.1. The van der Waals surface area contributed by atoms with E-state index in [9.17, 15) is 20.1 Å². The summed E-state index contributed by atoms with van der Waals surface area (Å²) >= 11 is 2.02. The molecule has 1 aliphatic carbocycles. The second kappa shape index (κ2) is 4.64. The summed E-state index contributed by atoms with van der Waals surface area (Å²) in [6.07, 6.45) is 0.565. The third kappa shape index (κ3) is 1.81. The lowest BCUT2D eigenvalue weighted by Gasteiger charge is -2.26. The van der Waals surface area contributed by atoms with E-state index >= 15 is 0 Å². The number of hydrogen-bond acceptors (Lipinski definition) is 5. The minimum atomic E-state index is -0.436. The number of benzene rings is 2. The number of hydrogen-bond donors (Lipinski definition) is 3. The Labute approximate surface area is 145 Å². The van der Waals surface area contributed by atoms with Crippen LogP contribution >= 0.6 is 22.6 Å². The van der Waals surface area contributed by atoms with Gasteiger partial charge in [-0.1, -0.05) is 6.58 Å². The molecular formula is C17H11IO5. The third-order valence-corrected chi connectivity index (χ3v) is 5.09. The van der Waals surface area contributed by atoms with E-state index < -0.39 is 11.5 Å². The van der Waals surface area contributed by atoms with Crippen molar-refractivity contribution < 1.29 is 24.9 Å². The number of phenols is 3. The summed E-state index contributed by atoms with van der Waals surface area (Å²) in [5.41, 5.74) is 2.64. The molecule has 116 valence electrons. The van der Waals surface area contributed by atoms with Gasteiger partial charge in [-0.25, -0.2) is 0 Å². The second-order valence-electron chi connectivity index (χ2n) is 5.55. The Balaban J connectivity index is 2.24. The number of carbonyl (C=O) groups is 1. The minimum Gasteiger partial charge on any atom is -0.507 e. The summed E-state index contributed by atoms with van der Waals surface area (Å²) in [4.78, 5) is 12.4. The molecule has 2 aliphatic rings. The average molecular weight is 422 g/mol. The Kier molecular flexibility index (Phi) is 2.90. The van der Waals surface area contributed by atoms with Crippen LogP contribution in [0.25, 0.3) is 16.9 Å². The molecule has 1 aliphatic heterocycles. The van der Waals surface area contributed by atoms with Crippen LogP contribution in [0, 0.1) is 3.57 Å². The number of carbonyl (C=O) groups excluding carboxylic acids is 1. The maximum Gasteiger partial charge on any atom is 0.201 e. The maximum absolute atomic E-state index is 12.4. The number of rotatable bonds is 0. The molecule has 0 unspecified atom stereocenters. The molecule has 0 amide bonds. The van der Waals surface area contributed by atoms with Gasteiger partial charge in [0.2, 0.25) is 5.75 Å². The van der Waals surface area contributed by atoms with Gasteiger partial charge in [-0.05, 0) is 41.1 Å². The van der Waals surface area contributed by atoms with E-state index in [1.54, 1.807) is 6.07 Å². The molecule has 0 atom stereocenters. The van der Waals surface area contributed by atoms with Crippen LogP contribution in [0.4, 0.5) is 0 Å². The monoisotopic (exact) mass is 422 g/mol. The first-order valence-electron chi connectivity index (χ1n) is 6.94. The average Bonchev–Trinajstić information content (AvgIpc) is 2.65. The first-order chi connectivity index (χ1) is 10.9. The number of ketones is 1. The van der Waals surface area contributed by atoms with Gasteiger partial charge in [0, 0.05) is 34.2 Å². The molecule has 4 rings (SSSR count). The van der Waals surface area contributed by atoms with Crippen molar-refractivity contribution in [2.75, 3.05) is 0 Å². The molecule has 5 nitrogen and oxygen atoms in total. The van der Waals surface area contributed by atoms with E-state index in [1.807, 2.05) is 22.6 Å². The van der Waals surface area contributed by atoms with Gasteiger partial charge in [-0.15, -0.1) is 0 Å². The zero-order valence-electron chi connectivity index (χ0n) is 11.8. The zero-order chi connectivity index (χ0) is 16.5. The fourth-order valence-electron chi connectivity index (χ4n) is 3.19. The maximum atomic E-state index is 12.4. The van der Waals surface area contributed by atoms with Crippen molar-refractivity contribution in [1.29, 1.82) is 0 Å². The molecule has 0 saturated heterocycles. The number of halogens is 1. The molecule has 0 fully saturated rings. The van der Waals surface area contributed by atoms with Gasteiger partial charge in [-0.3, -0.25) is 4.79 Å². The summed E-state index contributed by atoms with van der Waals surface area (Å²) in [6, 6.07) is 2.99. The fraction of sp³-hybridized carbons (Fsp3) is 0.118. The topological polar surface area (TPSA) is 87.0 Å². The molecule has 0 radical (unpaired) electrons. The lowest BCUT2D eigenvalue weighted by Crippen LogP contribution is -2.09. The molecule has 6 heteroatoms. The quantitative estimate of drug-likeness (QED) is 0.447. The van der Waals surface area contributed by atoms with Gasteiger partial charge in [-0.2, -0.15) is 0 Å². The van der Waals surface area contributed by atoms with Gasteiger partial charge in [0.05, 0.1) is 3.57 Å². The molecule has 23 heavy (non-hydrogen) atoms. The van der Waals surface area contributed by atoms with Crippen molar-refractivity contribution in [2.24, 2.45) is 0 Å². The van der Waals surface area contributed by atoms with Crippen LogP contribution in [-0.2, 0) is 6.42 Å². The van der Waals surface area contributed by atoms with Crippen LogP contribution in [0.5, 0.6) is 23.0 Å². The normalized spacial score (nSPS) is 15.0. The molecular weight excluding hydrogens is 411 g/mol. The molecule has 0 spiro atoms. The van der Waals surface area contributed by atoms with Crippen molar-refractivity contribution >= 4 is 34.1 Å². The number of Topliss-reactive ketones (excluding diaryl/α,β-unsaturated/α-hetero) is 1. The van der Waals surface area contributed by atoms with Crippen LogP contribution in [0.1, 0.15) is 27.9 Å². The molecule has 0 aromatic heterocycles. The third-order valence-electron chi connectivity index (χ3n) is 4.27. The van der Waals surface area contributed by atoms with Gasteiger partial charge in [0.15, 0.2) is 17.3 Å². The van der Waals surface area contributed by atoms with E-state index in [0.717, 1.165) is 0 Å². The van der Waals surface area contributed by atoms with E-state index in [2.05, 4.69) is 6.58 Å². The molecule has 0 saturated carbocycles. The predicted molar refractivity (Wildman–Crippen MR) is 91.9 cm³/mol. The summed E-state index contributed by atoms with van der Waals surface area (Å²) in [5.74, 6) is -0.597. The Bertz CT molecular complexity index is 930. The Morgan fingerprint density at radius 3 is 2.52 bits per heavy atom. The van der Waals surface area contributed by atoms with Crippen LogP contribution < -0.4 is 4.74 Å². The largest absolute Gasteiger partial charge is 0.507 e. The molecule has 3 N–H and O–H groups in total. The van der Waals surface area contributed by atoms with E-state index in [1.165, 1.54) is 6.07 Å². The van der Waals surface area contributed by atoms with Gasteiger partial charge < -0.3 is 20.1 Å². The number of ether oxygens (including phenoxy) is 1. The number of phenolic OH excluding ortho intramolecular Hbond substituents is 3. The van der Waals surface area contributed by atoms with Gasteiger partial charge in [0.25, 0.3) is 0 Å². The fourth-order valence-corrected chi connectivity index (χ4v) is 3.83. The smallest absolute Gasteiger partial charge is 0.201 e. The van der Waals surface area contributed by atoms with Crippen LogP contribution in [0.3, 0.4) is 0 Å². The number of aromatic hydroxyl groups is 3. The van der Waals surface area contributed by atoms with Gasteiger partial charge >= 0.3 is 0 Å². The minimum absolute atomic E-state index is 0.00890. The van der Waals surface area contributed by atoms with E-state index in [0.29, 0.717) is 38.0 Å². The van der Waals surface area contributed by atoms with E-state index in [-0.39, 0.29) is 29.3 Å². The van der Waals surface area contributed by atoms with Crippen molar-refractivity contribution in [3.05, 3.63) is 39.0 Å². The second-order valence-corrected chi connectivity index (χ2v) is 6.71. The molecule has 1 heterocycles. The lowest BCUT2D eigenvalue weighted by molar-refractivity contribution is 0.0983. The predicted octanol–water partition coefficient (Wildman–Crippen LogP) is 3.57. The Morgan fingerprint density at radius 2 is 1.78 bits per heavy atom. The van der Waals surface area contributed by atoms with Crippen LogP contribution in [0.2, 0.25) is 0 Å². The van der Waals surface area contributed by atoms with Crippen molar-refractivity contribution in [2.45, 2.75) is 12.8 Å². The molecule has 2 aromatic carbocycles. The van der Waals surface area contributed by atoms with Crippen molar-refractivity contribution in [1.82, 2.24) is 0 Å². The molecule has 0 bridgehead atoms.